The number of rotatable bonds is 5. The number of carbonyl (C=O) groups excluding carboxylic acids is 1. The number of aromatic nitrogens is 5. The summed E-state index contributed by atoms with van der Waals surface area (Å²) in [5.74, 6) is -0.555. The Hall–Kier alpha value is -3.56. The van der Waals surface area contributed by atoms with Crippen LogP contribution < -0.4 is 11.2 Å². The Morgan fingerprint density at radius 1 is 1.19 bits per heavy atom. The molecule has 0 radical (unpaired) electrons. The van der Waals surface area contributed by atoms with Gasteiger partial charge in [0.2, 0.25) is 11.7 Å². The second-order valence-electron chi connectivity index (χ2n) is 5.71. The summed E-state index contributed by atoms with van der Waals surface area (Å²) in [5, 5.41) is 7.79. The Kier molecular flexibility index (Phi) is 4.97. The first-order valence-corrected chi connectivity index (χ1v) is 8.18. The van der Waals surface area contributed by atoms with E-state index in [0.29, 0.717) is 5.69 Å². The van der Waals surface area contributed by atoms with Crippen LogP contribution >= 0.6 is 0 Å². The van der Waals surface area contributed by atoms with E-state index in [1.807, 2.05) is 6.92 Å². The molecule has 0 saturated carbocycles. The van der Waals surface area contributed by atoms with Crippen molar-refractivity contribution >= 4 is 5.97 Å². The van der Waals surface area contributed by atoms with E-state index in [1.54, 1.807) is 38.1 Å². The normalized spacial score (nSPS) is 10.8. The molecule has 2 heterocycles. The third-order valence-electron chi connectivity index (χ3n) is 3.67. The molecule has 0 fully saturated rings. The average Bonchev–Trinajstić information content (AvgIpc) is 3.06. The SMILES string of the molecule is CCOC(=O)Cn1c(=O)c(-c2noc(C)n2)nn(-c2ccc(C)cc2)c1=O. The highest BCUT2D eigenvalue weighted by Crippen LogP contribution is 2.10. The van der Waals surface area contributed by atoms with Crippen LogP contribution in [0.5, 0.6) is 0 Å². The molecule has 0 spiro atoms. The molecular weight excluding hydrogens is 354 g/mol. The standard InChI is InChI=1S/C17H17N5O5/c1-4-26-13(23)9-21-16(24)14(15-18-11(3)27-20-15)19-22(17(21)25)12-7-5-10(2)6-8-12/h5-8H,4,9H2,1-3H3. The summed E-state index contributed by atoms with van der Waals surface area (Å²) in [6.07, 6.45) is 0. The highest BCUT2D eigenvalue weighted by molar-refractivity contribution is 5.69. The maximum atomic E-state index is 12.8. The van der Waals surface area contributed by atoms with Crippen molar-refractivity contribution in [3.8, 4) is 17.2 Å². The van der Waals surface area contributed by atoms with Gasteiger partial charge in [-0.15, -0.1) is 0 Å². The molecular formula is C17H17N5O5. The molecule has 0 unspecified atom stereocenters. The maximum absolute atomic E-state index is 12.8. The molecule has 140 valence electrons. The molecule has 0 atom stereocenters. The van der Waals surface area contributed by atoms with E-state index in [1.165, 1.54) is 0 Å². The van der Waals surface area contributed by atoms with Gasteiger partial charge in [0.05, 0.1) is 12.3 Å². The van der Waals surface area contributed by atoms with Gasteiger partial charge in [0.1, 0.15) is 6.54 Å². The zero-order valence-corrected chi connectivity index (χ0v) is 15.0. The lowest BCUT2D eigenvalue weighted by molar-refractivity contribution is -0.143. The third-order valence-corrected chi connectivity index (χ3v) is 3.67. The Labute approximate surface area is 153 Å². The molecule has 3 rings (SSSR count). The van der Waals surface area contributed by atoms with Crippen molar-refractivity contribution in [2.75, 3.05) is 6.61 Å². The van der Waals surface area contributed by atoms with E-state index in [2.05, 4.69) is 15.2 Å². The number of esters is 1. The van der Waals surface area contributed by atoms with Gasteiger partial charge >= 0.3 is 11.7 Å². The molecule has 0 N–H and O–H groups in total. The summed E-state index contributed by atoms with van der Waals surface area (Å²) in [6, 6.07) is 6.94. The fourth-order valence-corrected chi connectivity index (χ4v) is 2.38. The Bertz CT molecular complexity index is 1090. The second kappa shape index (κ2) is 7.36. The molecule has 1 aromatic carbocycles. The summed E-state index contributed by atoms with van der Waals surface area (Å²) >= 11 is 0. The van der Waals surface area contributed by atoms with Gasteiger partial charge in [-0.05, 0) is 26.0 Å². The maximum Gasteiger partial charge on any atom is 0.352 e. The fourth-order valence-electron chi connectivity index (χ4n) is 2.38. The Balaban J connectivity index is 2.24. The minimum absolute atomic E-state index is 0.0732. The number of ether oxygens (including phenoxy) is 1. The van der Waals surface area contributed by atoms with Crippen molar-refractivity contribution in [3.63, 3.8) is 0 Å². The predicted molar refractivity (Wildman–Crippen MR) is 93.5 cm³/mol. The summed E-state index contributed by atoms with van der Waals surface area (Å²) in [6.45, 7) is 4.66. The highest BCUT2D eigenvalue weighted by Gasteiger charge is 2.21. The van der Waals surface area contributed by atoms with Crippen LogP contribution in [0.25, 0.3) is 17.2 Å². The number of nitrogens with zero attached hydrogens (tertiary/aromatic N) is 5. The summed E-state index contributed by atoms with van der Waals surface area (Å²) in [5.41, 5.74) is -0.389. The van der Waals surface area contributed by atoms with E-state index in [-0.39, 0.29) is 24.0 Å². The summed E-state index contributed by atoms with van der Waals surface area (Å²) < 4.78 is 11.5. The van der Waals surface area contributed by atoms with Gasteiger partial charge < -0.3 is 9.26 Å². The molecule has 10 heteroatoms. The Morgan fingerprint density at radius 2 is 1.89 bits per heavy atom. The van der Waals surface area contributed by atoms with Crippen molar-refractivity contribution in [1.29, 1.82) is 0 Å². The van der Waals surface area contributed by atoms with Gasteiger partial charge in [0.15, 0.2) is 5.69 Å². The predicted octanol–water partition coefficient (Wildman–Crippen LogP) is 0.624. The van der Waals surface area contributed by atoms with E-state index in [9.17, 15) is 14.4 Å². The van der Waals surface area contributed by atoms with Gasteiger partial charge in [-0.25, -0.2) is 9.36 Å². The monoisotopic (exact) mass is 371 g/mol. The molecule has 0 saturated heterocycles. The largest absolute Gasteiger partial charge is 0.465 e. The molecule has 27 heavy (non-hydrogen) atoms. The van der Waals surface area contributed by atoms with Crippen LogP contribution in [-0.2, 0) is 16.1 Å². The first-order valence-electron chi connectivity index (χ1n) is 8.18. The number of hydrogen-bond donors (Lipinski definition) is 0. The topological polar surface area (TPSA) is 122 Å². The van der Waals surface area contributed by atoms with Crippen molar-refractivity contribution in [3.05, 3.63) is 56.6 Å². The van der Waals surface area contributed by atoms with Crippen LogP contribution in [0.3, 0.4) is 0 Å². The lowest BCUT2D eigenvalue weighted by atomic mass is 10.2. The van der Waals surface area contributed by atoms with E-state index >= 15 is 0 Å². The molecule has 10 nitrogen and oxygen atoms in total. The smallest absolute Gasteiger partial charge is 0.352 e. The summed E-state index contributed by atoms with van der Waals surface area (Å²) in [7, 11) is 0. The molecule has 0 aliphatic heterocycles. The first-order chi connectivity index (χ1) is 12.9. The third kappa shape index (κ3) is 3.68. The molecule has 0 bridgehead atoms. The molecule has 2 aromatic heterocycles. The van der Waals surface area contributed by atoms with Crippen LogP contribution in [0, 0.1) is 13.8 Å². The van der Waals surface area contributed by atoms with Crippen molar-refractivity contribution in [2.24, 2.45) is 0 Å². The number of aryl methyl sites for hydroxylation is 2. The molecule has 0 aliphatic carbocycles. The number of benzene rings is 1. The van der Waals surface area contributed by atoms with E-state index in [4.69, 9.17) is 9.26 Å². The minimum Gasteiger partial charge on any atom is -0.465 e. The zero-order valence-electron chi connectivity index (χ0n) is 15.0. The lowest BCUT2D eigenvalue weighted by Crippen LogP contribution is -2.43. The highest BCUT2D eigenvalue weighted by atomic mass is 16.5. The number of hydrogen-bond acceptors (Lipinski definition) is 8. The van der Waals surface area contributed by atoms with Crippen LogP contribution in [0.1, 0.15) is 18.4 Å². The Morgan fingerprint density at radius 3 is 2.48 bits per heavy atom. The quantitative estimate of drug-likeness (QED) is 0.598. The van der Waals surface area contributed by atoms with Crippen LogP contribution in [-0.4, -0.2) is 37.1 Å². The molecule has 3 aromatic rings. The number of carbonyl (C=O) groups is 1. The summed E-state index contributed by atoms with van der Waals surface area (Å²) in [4.78, 5) is 41.4. The average molecular weight is 371 g/mol. The van der Waals surface area contributed by atoms with Gasteiger partial charge in [0.25, 0.3) is 5.56 Å². The van der Waals surface area contributed by atoms with Gasteiger partial charge in [-0.3, -0.25) is 9.59 Å². The van der Waals surface area contributed by atoms with Crippen molar-refractivity contribution < 1.29 is 14.1 Å². The first kappa shape index (κ1) is 18.2. The van der Waals surface area contributed by atoms with E-state index in [0.717, 1.165) is 14.8 Å². The van der Waals surface area contributed by atoms with Gasteiger partial charge in [-0.2, -0.15) is 14.8 Å². The van der Waals surface area contributed by atoms with Gasteiger partial charge in [-0.1, -0.05) is 22.9 Å². The van der Waals surface area contributed by atoms with Crippen LogP contribution in [0.2, 0.25) is 0 Å². The van der Waals surface area contributed by atoms with E-state index < -0.39 is 23.8 Å². The van der Waals surface area contributed by atoms with Gasteiger partial charge in [0, 0.05) is 6.92 Å². The minimum atomic E-state index is -0.808. The van der Waals surface area contributed by atoms with Crippen LogP contribution in [0.4, 0.5) is 0 Å². The fraction of sp³-hybridized carbons (Fsp3) is 0.294. The lowest BCUT2D eigenvalue weighted by Gasteiger charge is -2.10. The molecule has 0 aliphatic rings. The van der Waals surface area contributed by atoms with Crippen molar-refractivity contribution in [2.45, 2.75) is 27.3 Å². The van der Waals surface area contributed by atoms with Crippen LogP contribution in [0.15, 0.2) is 38.4 Å². The zero-order chi connectivity index (χ0) is 19.6. The molecule has 0 amide bonds. The second-order valence-corrected chi connectivity index (χ2v) is 5.71. The van der Waals surface area contributed by atoms with Crippen molar-refractivity contribution in [1.82, 2.24) is 24.5 Å².